The summed E-state index contributed by atoms with van der Waals surface area (Å²) >= 11 is 0. The van der Waals surface area contributed by atoms with Crippen LogP contribution in [0.25, 0.3) is 0 Å². The van der Waals surface area contributed by atoms with Gasteiger partial charge in [-0.25, -0.2) is 0 Å². The Morgan fingerprint density at radius 2 is 2.06 bits per heavy atom. The highest BCUT2D eigenvalue weighted by Gasteiger charge is 2.15. The maximum absolute atomic E-state index is 8.95. The number of aliphatic hydroxyl groups is 1. The van der Waals surface area contributed by atoms with Crippen LogP contribution in [-0.4, -0.2) is 35.3 Å². The number of aliphatic hydroxyl groups excluding tert-OH is 1. The monoisotopic (exact) mass is 251 g/mol. The van der Waals surface area contributed by atoms with Crippen molar-refractivity contribution in [3.8, 4) is 0 Å². The van der Waals surface area contributed by atoms with Crippen molar-refractivity contribution in [3.05, 3.63) is 29.8 Å². The number of benzene rings is 1. The summed E-state index contributed by atoms with van der Waals surface area (Å²) < 4.78 is 0. The first-order valence-electron chi connectivity index (χ1n) is 6.06. The van der Waals surface area contributed by atoms with Crippen LogP contribution in [0.1, 0.15) is 25.8 Å². The summed E-state index contributed by atoms with van der Waals surface area (Å²) in [6, 6.07) is 7.78. The largest absolute Gasteiger partial charge is 0.409 e. The first-order valence-corrected chi connectivity index (χ1v) is 6.06. The fraction of sp³-hybridized carbons (Fsp3) is 0.462. The third kappa shape index (κ3) is 3.37. The van der Waals surface area contributed by atoms with Gasteiger partial charge in [-0.05, 0) is 32.4 Å². The van der Waals surface area contributed by atoms with Crippen molar-refractivity contribution in [3.63, 3.8) is 0 Å². The van der Waals surface area contributed by atoms with Gasteiger partial charge in [-0.1, -0.05) is 17.3 Å². The van der Waals surface area contributed by atoms with Crippen LogP contribution in [0.4, 0.5) is 5.69 Å². The second-order valence-corrected chi connectivity index (χ2v) is 4.37. The van der Waals surface area contributed by atoms with E-state index in [1.54, 1.807) is 0 Å². The van der Waals surface area contributed by atoms with E-state index in [0.717, 1.165) is 12.2 Å². The molecule has 0 aromatic heterocycles. The first-order chi connectivity index (χ1) is 8.61. The summed E-state index contributed by atoms with van der Waals surface area (Å²) in [5.74, 6) is 0.0975. The number of hydrogen-bond acceptors (Lipinski definition) is 4. The second-order valence-electron chi connectivity index (χ2n) is 4.37. The zero-order chi connectivity index (χ0) is 13.5. The Bertz CT molecular complexity index is 405. The van der Waals surface area contributed by atoms with Gasteiger partial charge in [-0.15, -0.1) is 0 Å². The standard InChI is InChI=1S/C13H21N3O2/c1-10(2)16(8-5-9-17)12-7-4-3-6-11(12)13(14)15-18/h3-4,6-7,10,17-18H,5,8-9H2,1-2H3,(H2,14,15). The third-order valence-corrected chi connectivity index (χ3v) is 2.78. The molecule has 5 nitrogen and oxygen atoms in total. The highest BCUT2D eigenvalue weighted by molar-refractivity contribution is 6.02. The molecule has 5 heteroatoms. The molecule has 0 unspecified atom stereocenters. The average Bonchev–Trinajstić information content (AvgIpc) is 2.38. The maximum Gasteiger partial charge on any atom is 0.172 e. The molecular weight excluding hydrogens is 230 g/mol. The van der Waals surface area contributed by atoms with E-state index in [4.69, 9.17) is 16.0 Å². The number of nitrogens with zero attached hydrogens (tertiary/aromatic N) is 2. The van der Waals surface area contributed by atoms with Gasteiger partial charge in [0.2, 0.25) is 0 Å². The number of hydrogen-bond donors (Lipinski definition) is 3. The molecule has 4 N–H and O–H groups in total. The Labute approximate surface area is 108 Å². The fourth-order valence-corrected chi connectivity index (χ4v) is 1.89. The third-order valence-electron chi connectivity index (χ3n) is 2.78. The van der Waals surface area contributed by atoms with Crippen molar-refractivity contribution in [1.82, 2.24) is 0 Å². The van der Waals surface area contributed by atoms with Crippen LogP contribution in [0.2, 0.25) is 0 Å². The number of para-hydroxylation sites is 1. The molecule has 0 radical (unpaired) electrons. The Morgan fingerprint density at radius 3 is 2.61 bits per heavy atom. The minimum atomic E-state index is 0.0975. The zero-order valence-electron chi connectivity index (χ0n) is 10.9. The average molecular weight is 251 g/mol. The van der Waals surface area contributed by atoms with Crippen molar-refractivity contribution in [2.24, 2.45) is 10.9 Å². The quantitative estimate of drug-likeness (QED) is 0.309. The van der Waals surface area contributed by atoms with Gasteiger partial charge in [0, 0.05) is 30.4 Å². The van der Waals surface area contributed by atoms with Crippen LogP contribution in [0, 0.1) is 0 Å². The van der Waals surface area contributed by atoms with E-state index >= 15 is 0 Å². The molecule has 1 aromatic rings. The van der Waals surface area contributed by atoms with Gasteiger partial charge < -0.3 is 20.9 Å². The molecule has 18 heavy (non-hydrogen) atoms. The highest BCUT2D eigenvalue weighted by Crippen LogP contribution is 2.22. The van der Waals surface area contributed by atoms with E-state index in [9.17, 15) is 0 Å². The second kappa shape index (κ2) is 6.86. The molecule has 0 saturated heterocycles. The van der Waals surface area contributed by atoms with Crippen LogP contribution >= 0.6 is 0 Å². The van der Waals surface area contributed by atoms with E-state index in [1.807, 2.05) is 24.3 Å². The van der Waals surface area contributed by atoms with E-state index in [0.29, 0.717) is 12.0 Å². The summed E-state index contributed by atoms with van der Waals surface area (Å²) in [5.41, 5.74) is 7.30. The van der Waals surface area contributed by atoms with Gasteiger partial charge >= 0.3 is 0 Å². The van der Waals surface area contributed by atoms with Gasteiger partial charge in [0.25, 0.3) is 0 Å². The van der Waals surface area contributed by atoms with Gasteiger partial charge in [0.05, 0.1) is 0 Å². The summed E-state index contributed by atoms with van der Waals surface area (Å²) in [4.78, 5) is 2.13. The van der Waals surface area contributed by atoms with E-state index in [-0.39, 0.29) is 18.5 Å². The smallest absolute Gasteiger partial charge is 0.172 e. The van der Waals surface area contributed by atoms with Gasteiger partial charge in [-0.2, -0.15) is 0 Å². The summed E-state index contributed by atoms with van der Waals surface area (Å²) in [5, 5.41) is 20.8. The van der Waals surface area contributed by atoms with E-state index in [2.05, 4.69) is 23.9 Å². The Morgan fingerprint density at radius 1 is 1.39 bits per heavy atom. The number of oxime groups is 1. The summed E-state index contributed by atoms with van der Waals surface area (Å²) in [6.45, 7) is 5.01. The van der Waals surface area contributed by atoms with Gasteiger partial charge in [0.1, 0.15) is 0 Å². The molecule has 0 bridgehead atoms. The molecular formula is C13H21N3O2. The molecule has 0 amide bonds. The molecule has 0 heterocycles. The fourth-order valence-electron chi connectivity index (χ4n) is 1.89. The topological polar surface area (TPSA) is 82.1 Å². The molecule has 0 saturated carbocycles. The zero-order valence-corrected chi connectivity index (χ0v) is 10.9. The Hall–Kier alpha value is -1.75. The molecule has 0 spiro atoms. The number of amidine groups is 1. The molecule has 0 aliphatic heterocycles. The van der Waals surface area contributed by atoms with Crippen LogP contribution in [-0.2, 0) is 0 Å². The lowest BCUT2D eigenvalue weighted by Crippen LogP contribution is -2.34. The predicted molar refractivity (Wildman–Crippen MR) is 73.1 cm³/mol. The maximum atomic E-state index is 8.95. The summed E-state index contributed by atoms with van der Waals surface area (Å²) in [7, 11) is 0. The van der Waals surface area contributed by atoms with Crippen molar-refractivity contribution in [2.45, 2.75) is 26.3 Å². The summed E-state index contributed by atoms with van der Waals surface area (Å²) in [6.07, 6.45) is 0.683. The molecule has 1 aromatic carbocycles. The molecule has 0 fully saturated rings. The lowest BCUT2D eigenvalue weighted by Gasteiger charge is -2.30. The Kier molecular flexibility index (Phi) is 5.45. The molecule has 100 valence electrons. The molecule has 0 aliphatic rings. The highest BCUT2D eigenvalue weighted by atomic mass is 16.4. The van der Waals surface area contributed by atoms with E-state index in [1.165, 1.54) is 0 Å². The number of anilines is 1. The van der Waals surface area contributed by atoms with Crippen LogP contribution in [0.15, 0.2) is 29.4 Å². The number of rotatable bonds is 6. The minimum absolute atomic E-state index is 0.0975. The lowest BCUT2D eigenvalue weighted by molar-refractivity contribution is 0.288. The van der Waals surface area contributed by atoms with Crippen molar-refractivity contribution in [2.75, 3.05) is 18.1 Å². The van der Waals surface area contributed by atoms with E-state index < -0.39 is 0 Å². The van der Waals surface area contributed by atoms with Crippen LogP contribution in [0.5, 0.6) is 0 Å². The molecule has 0 atom stereocenters. The van der Waals surface area contributed by atoms with Gasteiger partial charge in [-0.3, -0.25) is 0 Å². The van der Waals surface area contributed by atoms with Crippen LogP contribution in [0.3, 0.4) is 0 Å². The molecule has 1 rings (SSSR count). The normalized spacial score (nSPS) is 11.9. The lowest BCUT2D eigenvalue weighted by atomic mass is 10.1. The number of nitrogens with two attached hydrogens (primary N) is 1. The Balaban J connectivity index is 3.11. The first kappa shape index (κ1) is 14.3. The SMILES string of the molecule is CC(C)N(CCCO)c1ccccc1C(N)=NO. The van der Waals surface area contributed by atoms with Gasteiger partial charge in [0.15, 0.2) is 5.84 Å². The minimum Gasteiger partial charge on any atom is -0.409 e. The van der Waals surface area contributed by atoms with Crippen molar-refractivity contribution in [1.29, 1.82) is 0 Å². The van der Waals surface area contributed by atoms with Crippen molar-refractivity contribution < 1.29 is 10.3 Å². The molecule has 0 aliphatic carbocycles. The van der Waals surface area contributed by atoms with Crippen molar-refractivity contribution >= 4 is 11.5 Å². The van der Waals surface area contributed by atoms with Crippen LogP contribution < -0.4 is 10.6 Å². The predicted octanol–water partition coefficient (Wildman–Crippen LogP) is 1.38.